The zero-order valence-corrected chi connectivity index (χ0v) is 20.1. The number of amides is 1. The summed E-state index contributed by atoms with van der Waals surface area (Å²) in [6, 6.07) is 4.63. The molecule has 1 saturated heterocycles. The second-order valence-electron chi connectivity index (χ2n) is 9.97. The van der Waals surface area contributed by atoms with Crippen LogP contribution in [0.25, 0.3) is 0 Å². The van der Waals surface area contributed by atoms with E-state index >= 15 is 0 Å². The molecule has 1 amide bonds. The Morgan fingerprint density at radius 2 is 1.97 bits per heavy atom. The molecule has 6 heteroatoms. The van der Waals surface area contributed by atoms with E-state index in [4.69, 9.17) is 4.74 Å². The normalized spacial score (nSPS) is 18.6. The van der Waals surface area contributed by atoms with E-state index in [9.17, 15) is 4.79 Å². The van der Waals surface area contributed by atoms with E-state index in [0.717, 1.165) is 43.2 Å². The average Bonchev–Trinajstić information content (AvgIpc) is 3.43. The lowest BCUT2D eigenvalue weighted by Crippen LogP contribution is -2.43. The first-order chi connectivity index (χ1) is 14.8. The Bertz CT molecular complexity index is 896. The highest BCUT2D eigenvalue weighted by Gasteiger charge is 2.33. The first kappa shape index (κ1) is 22.3. The van der Waals surface area contributed by atoms with Gasteiger partial charge in [0.05, 0.1) is 13.2 Å². The maximum atomic E-state index is 12.7. The lowest BCUT2D eigenvalue weighted by Gasteiger charge is -2.36. The molecule has 0 spiro atoms. The summed E-state index contributed by atoms with van der Waals surface area (Å²) in [6.07, 6.45) is 7.58. The highest BCUT2D eigenvalue weighted by atomic mass is 32.1. The van der Waals surface area contributed by atoms with Gasteiger partial charge in [-0.3, -0.25) is 9.69 Å². The van der Waals surface area contributed by atoms with Crippen LogP contribution in [0.2, 0.25) is 0 Å². The van der Waals surface area contributed by atoms with Gasteiger partial charge in [-0.1, -0.05) is 26.8 Å². The van der Waals surface area contributed by atoms with Crippen LogP contribution >= 0.6 is 11.3 Å². The number of hydrogen-bond donors (Lipinski definition) is 1. The molecule has 0 unspecified atom stereocenters. The summed E-state index contributed by atoms with van der Waals surface area (Å²) in [5, 5.41) is 6.34. The van der Waals surface area contributed by atoms with Crippen molar-refractivity contribution in [3.63, 3.8) is 0 Å². The van der Waals surface area contributed by atoms with Crippen LogP contribution in [-0.2, 0) is 24.2 Å². The smallest absolute Gasteiger partial charge is 0.225 e. The number of aryl methyl sites for hydroxylation is 2. The molecule has 4 rings (SSSR count). The number of methoxy groups -OCH3 is 1. The van der Waals surface area contributed by atoms with Gasteiger partial charge in [0.2, 0.25) is 5.91 Å². The van der Waals surface area contributed by atoms with Crippen molar-refractivity contribution in [2.75, 3.05) is 20.2 Å². The molecular weight excluding hydrogens is 406 g/mol. The molecule has 2 aromatic rings. The predicted molar refractivity (Wildman–Crippen MR) is 125 cm³/mol. The van der Waals surface area contributed by atoms with Gasteiger partial charge in [-0.2, -0.15) is 0 Å². The van der Waals surface area contributed by atoms with Crippen molar-refractivity contribution in [2.24, 2.45) is 11.3 Å². The lowest BCUT2D eigenvalue weighted by molar-refractivity contribution is -0.129. The van der Waals surface area contributed by atoms with E-state index in [-0.39, 0.29) is 11.9 Å². The van der Waals surface area contributed by atoms with Crippen LogP contribution in [0.3, 0.4) is 0 Å². The minimum absolute atomic E-state index is 0.00315. The first-order valence-electron chi connectivity index (χ1n) is 11.5. The Balaban J connectivity index is 1.42. The van der Waals surface area contributed by atoms with Gasteiger partial charge >= 0.3 is 0 Å². The SMILES string of the molecule is COc1cc2c(cc1CN1CCC([C@@H](NC(=O)C(C)(C)C)c3nccs3)CC1)CCC2. The van der Waals surface area contributed by atoms with Crippen molar-refractivity contribution in [3.05, 3.63) is 45.4 Å². The number of likely N-dealkylation sites (tertiary alicyclic amines) is 1. The fourth-order valence-electron chi connectivity index (χ4n) is 4.78. The van der Waals surface area contributed by atoms with Crippen molar-refractivity contribution in [3.8, 4) is 5.75 Å². The molecule has 2 heterocycles. The fourth-order valence-corrected chi connectivity index (χ4v) is 5.56. The van der Waals surface area contributed by atoms with Crippen molar-refractivity contribution >= 4 is 17.2 Å². The summed E-state index contributed by atoms with van der Waals surface area (Å²) in [5.41, 5.74) is 3.86. The molecule has 1 aromatic carbocycles. The van der Waals surface area contributed by atoms with Crippen molar-refractivity contribution in [1.29, 1.82) is 0 Å². The van der Waals surface area contributed by atoms with Crippen LogP contribution in [0.1, 0.15) is 67.8 Å². The number of hydrogen-bond acceptors (Lipinski definition) is 5. The molecule has 0 radical (unpaired) electrons. The molecule has 2 aliphatic rings. The minimum atomic E-state index is -0.402. The zero-order valence-electron chi connectivity index (χ0n) is 19.2. The van der Waals surface area contributed by atoms with Gasteiger partial charge in [0.25, 0.3) is 0 Å². The fraction of sp³-hybridized carbons (Fsp3) is 0.600. The van der Waals surface area contributed by atoms with Gasteiger partial charge < -0.3 is 10.1 Å². The highest BCUT2D eigenvalue weighted by molar-refractivity contribution is 7.09. The molecule has 5 nitrogen and oxygen atoms in total. The Kier molecular flexibility index (Phi) is 6.68. The van der Waals surface area contributed by atoms with Crippen LogP contribution in [-0.4, -0.2) is 36.0 Å². The van der Waals surface area contributed by atoms with Crippen molar-refractivity contribution < 1.29 is 9.53 Å². The van der Waals surface area contributed by atoms with Crippen molar-refractivity contribution in [1.82, 2.24) is 15.2 Å². The molecule has 0 bridgehead atoms. The van der Waals surface area contributed by atoms with E-state index in [1.165, 1.54) is 36.0 Å². The summed E-state index contributed by atoms with van der Waals surface area (Å²) in [6.45, 7) is 8.88. The number of rotatable bonds is 6. The van der Waals surface area contributed by atoms with E-state index in [2.05, 4.69) is 27.3 Å². The maximum absolute atomic E-state index is 12.7. The molecule has 1 aliphatic carbocycles. The van der Waals surface area contributed by atoms with Gasteiger partial charge in [-0.15, -0.1) is 11.3 Å². The Morgan fingerprint density at radius 1 is 1.26 bits per heavy atom. The summed E-state index contributed by atoms with van der Waals surface area (Å²) in [7, 11) is 1.78. The number of nitrogens with zero attached hydrogens (tertiary/aromatic N) is 2. The van der Waals surface area contributed by atoms with Crippen LogP contribution in [0.5, 0.6) is 5.75 Å². The van der Waals surface area contributed by atoms with Gasteiger partial charge in [0.1, 0.15) is 10.8 Å². The summed E-state index contributed by atoms with van der Waals surface area (Å²) < 4.78 is 5.71. The van der Waals surface area contributed by atoms with Gasteiger partial charge in [-0.05, 0) is 68.3 Å². The van der Waals surface area contributed by atoms with Crippen molar-refractivity contribution in [2.45, 2.75) is 65.5 Å². The third-order valence-electron chi connectivity index (χ3n) is 6.68. The third-order valence-corrected chi connectivity index (χ3v) is 7.54. The number of aromatic nitrogens is 1. The third kappa shape index (κ3) is 5.12. The molecule has 1 fully saturated rings. The number of fused-ring (bicyclic) bond motifs is 1. The van der Waals surface area contributed by atoms with E-state index in [1.807, 2.05) is 32.3 Å². The van der Waals surface area contributed by atoms with Gasteiger partial charge in [-0.25, -0.2) is 4.98 Å². The minimum Gasteiger partial charge on any atom is -0.496 e. The molecule has 1 aromatic heterocycles. The molecule has 1 aliphatic heterocycles. The zero-order chi connectivity index (χ0) is 22.0. The van der Waals surface area contributed by atoms with Gasteiger partial charge in [0, 0.05) is 29.1 Å². The second-order valence-corrected chi connectivity index (χ2v) is 10.9. The largest absolute Gasteiger partial charge is 0.496 e. The average molecular weight is 442 g/mol. The molecular formula is C25H35N3O2S. The number of thiazole rings is 1. The van der Waals surface area contributed by atoms with E-state index in [0.29, 0.717) is 5.92 Å². The number of benzene rings is 1. The predicted octanol–water partition coefficient (Wildman–Crippen LogP) is 4.76. The number of ether oxygens (including phenoxy) is 1. The quantitative estimate of drug-likeness (QED) is 0.702. The Morgan fingerprint density at radius 3 is 2.58 bits per heavy atom. The standard InChI is InChI=1S/C25H35N3O2S/c1-25(2,3)24(29)27-22(23-26-10-13-31-23)17-8-11-28(12-9-17)16-20-14-18-6-5-7-19(18)15-21(20)30-4/h10,13-15,17,22H,5-9,11-12,16H2,1-4H3,(H,27,29)/t22-/m1/s1. The molecule has 1 atom stereocenters. The summed E-state index contributed by atoms with van der Waals surface area (Å²) in [4.78, 5) is 19.8. The van der Waals surface area contributed by atoms with Gasteiger partial charge in [0.15, 0.2) is 0 Å². The van der Waals surface area contributed by atoms with E-state index in [1.54, 1.807) is 18.4 Å². The summed E-state index contributed by atoms with van der Waals surface area (Å²) in [5.74, 6) is 1.54. The molecule has 31 heavy (non-hydrogen) atoms. The number of carbonyl (C=O) groups excluding carboxylic acids is 1. The number of piperidine rings is 1. The van der Waals surface area contributed by atoms with Crippen LogP contribution < -0.4 is 10.1 Å². The monoisotopic (exact) mass is 441 g/mol. The summed E-state index contributed by atoms with van der Waals surface area (Å²) >= 11 is 1.64. The topological polar surface area (TPSA) is 54.5 Å². The Hall–Kier alpha value is -1.92. The number of carbonyl (C=O) groups is 1. The molecule has 1 N–H and O–H groups in total. The van der Waals surface area contributed by atoms with Crippen LogP contribution in [0, 0.1) is 11.3 Å². The number of nitrogens with one attached hydrogen (secondary N) is 1. The first-order valence-corrected chi connectivity index (χ1v) is 12.3. The molecule has 168 valence electrons. The van der Waals surface area contributed by atoms with E-state index < -0.39 is 5.41 Å². The lowest BCUT2D eigenvalue weighted by atomic mass is 9.87. The Labute approximate surface area is 190 Å². The molecule has 0 saturated carbocycles. The second kappa shape index (κ2) is 9.29. The van der Waals surface area contributed by atoms with Crippen LogP contribution in [0.4, 0.5) is 0 Å². The highest BCUT2D eigenvalue weighted by Crippen LogP contribution is 2.35. The maximum Gasteiger partial charge on any atom is 0.225 e. The van der Waals surface area contributed by atoms with Crippen LogP contribution in [0.15, 0.2) is 23.7 Å².